The van der Waals surface area contributed by atoms with Crippen LogP contribution in [0.2, 0.25) is 0 Å². The van der Waals surface area contributed by atoms with Crippen LogP contribution in [0.15, 0.2) is 72.8 Å². The molecule has 4 rings (SSSR count). The minimum absolute atomic E-state index is 0.272. The second kappa shape index (κ2) is 7.54. The number of aromatic carboxylic acids is 1. The molecule has 0 aliphatic carbocycles. The van der Waals surface area contributed by atoms with Crippen LogP contribution in [0.3, 0.4) is 0 Å². The lowest BCUT2D eigenvalue weighted by molar-refractivity contribution is 0.0697. The van der Waals surface area contributed by atoms with Gasteiger partial charge in [0, 0.05) is 28.4 Å². The van der Waals surface area contributed by atoms with Gasteiger partial charge in [-0.15, -0.1) is 0 Å². The Morgan fingerprint density at radius 1 is 0.815 bits per heavy atom. The molecule has 4 nitrogen and oxygen atoms in total. The molecule has 0 unspecified atom stereocenters. The molecule has 0 amide bonds. The van der Waals surface area contributed by atoms with Crippen molar-refractivity contribution in [1.82, 2.24) is 4.57 Å². The number of nitrogens with zero attached hydrogens (tertiary/aromatic N) is 1. The minimum atomic E-state index is -0.923. The fourth-order valence-electron chi connectivity index (χ4n) is 3.50. The van der Waals surface area contributed by atoms with Gasteiger partial charge in [0.05, 0.1) is 12.2 Å². The molecule has 0 aliphatic heterocycles. The van der Waals surface area contributed by atoms with E-state index < -0.39 is 5.97 Å². The van der Waals surface area contributed by atoms with E-state index in [0.717, 1.165) is 19.4 Å². The molecule has 27 heavy (non-hydrogen) atoms. The average Bonchev–Trinajstić information content (AvgIpc) is 3.02. The van der Waals surface area contributed by atoms with Crippen molar-refractivity contribution in [2.45, 2.75) is 19.4 Å². The summed E-state index contributed by atoms with van der Waals surface area (Å²) in [5.41, 5.74) is 2.81. The zero-order valence-electron chi connectivity index (χ0n) is 15.0. The number of fused-ring (bicyclic) bond motifs is 3. The van der Waals surface area contributed by atoms with Crippen LogP contribution in [-0.2, 0) is 6.54 Å². The van der Waals surface area contributed by atoms with Gasteiger partial charge in [0.1, 0.15) is 5.75 Å². The molecule has 0 saturated heterocycles. The first-order chi connectivity index (χ1) is 13.2. The molecule has 1 heterocycles. The third kappa shape index (κ3) is 3.51. The van der Waals surface area contributed by atoms with E-state index in [1.54, 1.807) is 24.3 Å². The molecule has 4 heteroatoms. The van der Waals surface area contributed by atoms with Gasteiger partial charge in [-0.1, -0.05) is 36.4 Å². The van der Waals surface area contributed by atoms with Crippen LogP contribution < -0.4 is 4.74 Å². The minimum Gasteiger partial charge on any atom is -0.494 e. The van der Waals surface area contributed by atoms with E-state index in [4.69, 9.17) is 9.84 Å². The summed E-state index contributed by atoms with van der Waals surface area (Å²) in [5.74, 6) is -0.218. The van der Waals surface area contributed by atoms with Crippen molar-refractivity contribution in [3.8, 4) is 5.75 Å². The van der Waals surface area contributed by atoms with E-state index in [1.165, 1.54) is 21.8 Å². The predicted molar refractivity (Wildman–Crippen MR) is 108 cm³/mol. The molecular formula is C23H21NO3. The van der Waals surface area contributed by atoms with E-state index in [2.05, 4.69) is 53.1 Å². The Balaban J connectivity index is 1.38. The zero-order valence-corrected chi connectivity index (χ0v) is 15.0. The number of benzene rings is 3. The van der Waals surface area contributed by atoms with Crippen LogP contribution in [0.5, 0.6) is 5.75 Å². The normalized spacial score (nSPS) is 11.1. The predicted octanol–water partition coefficient (Wildman–Crippen LogP) is 5.35. The largest absolute Gasteiger partial charge is 0.494 e. The maximum atomic E-state index is 10.9. The van der Waals surface area contributed by atoms with Crippen molar-refractivity contribution in [2.24, 2.45) is 0 Å². The van der Waals surface area contributed by atoms with E-state index in [-0.39, 0.29) is 5.56 Å². The number of hydrogen-bond donors (Lipinski definition) is 1. The molecular weight excluding hydrogens is 338 g/mol. The molecule has 4 aromatic rings. The van der Waals surface area contributed by atoms with Crippen molar-refractivity contribution in [3.63, 3.8) is 0 Å². The Morgan fingerprint density at radius 2 is 1.41 bits per heavy atom. The number of carboxylic acid groups (broad SMARTS) is 1. The van der Waals surface area contributed by atoms with Gasteiger partial charge in [-0.3, -0.25) is 0 Å². The quantitative estimate of drug-likeness (QED) is 0.452. The van der Waals surface area contributed by atoms with Gasteiger partial charge in [0.2, 0.25) is 0 Å². The van der Waals surface area contributed by atoms with E-state index in [9.17, 15) is 4.79 Å². The molecule has 0 atom stereocenters. The highest BCUT2D eigenvalue weighted by molar-refractivity contribution is 6.07. The summed E-state index contributed by atoms with van der Waals surface area (Å²) < 4.78 is 8.11. The molecule has 1 aromatic heterocycles. The van der Waals surface area contributed by atoms with Crippen LogP contribution in [0, 0.1) is 0 Å². The summed E-state index contributed by atoms with van der Waals surface area (Å²) in [6, 6.07) is 23.6. The number of para-hydroxylation sites is 2. The fourth-order valence-corrected chi connectivity index (χ4v) is 3.50. The monoisotopic (exact) mass is 359 g/mol. The van der Waals surface area contributed by atoms with Gasteiger partial charge in [-0.25, -0.2) is 4.79 Å². The Kier molecular flexibility index (Phi) is 4.79. The van der Waals surface area contributed by atoms with Crippen molar-refractivity contribution < 1.29 is 14.6 Å². The summed E-state index contributed by atoms with van der Waals surface area (Å²) in [4.78, 5) is 10.9. The third-order valence-corrected chi connectivity index (χ3v) is 4.83. The highest BCUT2D eigenvalue weighted by Gasteiger charge is 2.09. The summed E-state index contributed by atoms with van der Waals surface area (Å²) in [7, 11) is 0. The Labute approximate surface area is 157 Å². The molecule has 0 spiro atoms. The van der Waals surface area contributed by atoms with Crippen LogP contribution in [0.1, 0.15) is 23.2 Å². The second-order valence-corrected chi connectivity index (χ2v) is 6.57. The molecule has 3 aromatic carbocycles. The van der Waals surface area contributed by atoms with E-state index in [0.29, 0.717) is 12.4 Å². The van der Waals surface area contributed by atoms with Gasteiger partial charge in [-0.2, -0.15) is 0 Å². The molecule has 0 saturated carbocycles. The zero-order chi connectivity index (χ0) is 18.6. The van der Waals surface area contributed by atoms with Crippen molar-refractivity contribution in [2.75, 3.05) is 6.61 Å². The number of aryl methyl sites for hydroxylation is 1. The Morgan fingerprint density at radius 3 is 2.00 bits per heavy atom. The molecule has 0 fully saturated rings. The summed E-state index contributed by atoms with van der Waals surface area (Å²) in [6.45, 7) is 1.55. The fraction of sp³-hybridized carbons (Fsp3) is 0.174. The maximum absolute atomic E-state index is 10.9. The Bertz CT molecular complexity index is 1030. The summed E-state index contributed by atoms with van der Waals surface area (Å²) in [6.07, 6.45) is 1.94. The number of rotatable bonds is 7. The van der Waals surface area contributed by atoms with Crippen molar-refractivity contribution >= 4 is 27.8 Å². The topological polar surface area (TPSA) is 51.5 Å². The lowest BCUT2D eigenvalue weighted by Gasteiger charge is -2.09. The number of hydrogen-bond acceptors (Lipinski definition) is 2. The van der Waals surface area contributed by atoms with Gasteiger partial charge in [0.25, 0.3) is 0 Å². The van der Waals surface area contributed by atoms with Crippen LogP contribution in [0.4, 0.5) is 0 Å². The molecule has 0 bridgehead atoms. The summed E-state index contributed by atoms with van der Waals surface area (Å²) in [5, 5.41) is 11.5. The van der Waals surface area contributed by atoms with Gasteiger partial charge < -0.3 is 14.4 Å². The highest BCUT2D eigenvalue weighted by atomic mass is 16.5. The molecule has 136 valence electrons. The first kappa shape index (κ1) is 17.2. The highest BCUT2D eigenvalue weighted by Crippen LogP contribution is 2.29. The van der Waals surface area contributed by atoms with Gasteiger partial charge in [-0.05, 0) is 49.2 Å². The Hall–Kier alpha value is -3.27. The van der Waals surface area contributed by atoms with Crippen LogP contribution >= 0.6 is 0 Å². The number of carbonyl (C=O) groups is 1. The van der Waals surface area contributed by atoms with Crippen LogP contribution in [-0.4, -0.2) is 22.2 Å². The second-order valence-electron chi connectivity index (χ2n) is 6.57. The first-order valence-electron chi connectivity index (χ1n) is 9.16. The lowest BCUT2D eigenvalue weighted by Crippen LogP contribution is -2.02. The molecule has 0 aliphatic rings. The smallest absolute Gasteiger partial charge is 0.335 e. The molecule has 1 N–H and O–H groups in total. The number of aromatic nitrogens is 1. The lowest BCUT2D eigenvalue weighted by atomic mass is 10.2. The van der Waals surface area contributed by atoms with Crippen molar-refractivity contribution in [3.05, 3.63) is 78.4 Å². The van der Waals surface area contributed by atoms with E-state index >= 15 is 0 Å². The molecule has 0 radical (unpaired) electrons. The standard InChI is InChI=1S/C23H21NO3/c25-23(26)17-11-13-18(14-12-17)27-16-6-5-15-24-21-9-3-1-7-19(21)20-8-2-4-10-22(20)24/h1-4,7-14H,5-6,15-16H2,(H,25,26). The van der Waals surface area contributed by atoms with Gasteiger partial charge in [0.15, 0.2) is 0 Å². The van der Waals surface area contributed by atoms with Crippen LogP contribution in [0.25, 0.3) is 21.8 Å². The average molecular weight is 359 g/mol. The maximum Gasteiger partial charge on any atom is 0.335 e. The SMILES string of the molecule is O=C(O)c1ccc(OCCCCn2c3ccccc3c3ccccc32)cc1. The number of unbranched alkanes of at least 4 members (excludes halogenated alkanes) is 1. The van der Waals surface area contributed by atoms with Gasteiger partial charge >= 0.3 is 5.97 Å². The third-order valence-electron chi connectivity index (χ3n) is 4.83. The van der Waals surface area contributed by atoms with Crippen molar-refractivity contribution in [1.29, 1.82) is 0 Å². The summed E-state index contributed by atoms with van der Waals surface area (Å²) >= 11 is 0. The van der Waals surface area contributed by atoms with E-state index in [1.807, 2.05) is 0 Å². The first-order valence-corrected chi connectivity index (χ1v) is 9.16. The number of carboxylic acids is 1. The number of ether oxygens (including phenoxy) is 1.